The van der Waals surface area contributed by atoms with Gasteiger partial charge in [0.1, 0.15) is 0 Å². The van der Waals surface area contributed by atoms with Crippen LogP contribution in [0.5, 0.6) is 0 Å². The van der Waals surface area contributed by atoms with Crippen LogP contribution in [0, 0.1) is 0 Å². The third-order valence-corrected chi connectivity index (χ3v) is 5.50. The highest BCUT2D eigenvalue weighted by Crippen LogP contribution is 2.50. The Kier molecular flexibility index (Phi) is 3.53. The van der Waals surface area contributed by atoms with E-state index in [0.717, 1.165) is 6.54 Å². The Bertz CT molecular complexity index is 1080. The Morgan fingerprint density at radius 2 is 1.42 bits per heavy atom. The van der Waals surface area contributed by atoms with Crippen LogP contribution >= 0.6 is 0 Å². The zero-order valence-corrected chi connectivity index (χ0v) is 14.9. The summed E-state index contributed by atoms with van der Waals surface area (Å²) in [5.74, 6) is 0.273. The van der Waals surface area contributed by atoms with Crippen molar-refractivity contribution in [3.8, 4) is 0 Å². The molecule has 1 heterocycles. The lowest BCUT2D eigenvalue weighted by atomic mass is 9.79. The van der Waals surface area contributed by atoms with Crippen molar-refractivity contribution < 1.29 is 0 Å². The fourth-order valence-electron chi connectivity index (χ4n) is 4.40. The monoisotopic (exact) mass is 335 g/mol. The molecule has 0 saturated heterocycles. The van der Waals surface area contributed by atoms with Crippen LogP contribution in [-0.4, -0.2) is 6.54 Å². The summed E-state index contributed by atoms with van der Waals surface area (Å²) in [6.45, 7) is 3.20. The minimum absolute atomic E-state index is 0.273. The third-order valence-electron chi connectivity index (χ3n) is 5.50. The molecule has 1 aliphatic rings. The predicted molar refractivity (Wildman–Crippen MR) is 110 cm³/mol. The van der Waals surface area contributed by atoms with Gasteiger partial charge < -0.3 is 4.90 Å². The van der Waals surface area contributed by atoms with Gasteiger partial charge in [0.05, 0.1) is 5.69 Å². The van der Waals surface area contributed by atoms with Crippen molar-refractivity contribution in [3.63, 3.8) is 0 Å². The van der Waals surface area contributed by atoms with Gasteiger partial charge >= 0.3 is 0 Å². The van der Waals surface area contributed by atoms with Gasteiger partial charge in [0.15, 0.2) is 0 Å². The summed E-state index contributed by atoms with van der Waals surface area (Å²) >= 11 is 0. The Morgan fingerprint density at radius 1 is 0.692 bits per heavy atom. The molecular weight excluding hydrogens is 314 g/mol. The highest BCUT2D eigenvalue weighted by molar-refractivity contribution is 6.00. The lowest BCUT2D eigenvalue weighted by Gasteiger charge is -2.38. The molecule has 0 amide bonds. The smallest absolute Gasteiger partial charge is 0.0532 e. The molecule has 1 heteroatoms. The Balaban J connectivity index is 1.88. The fraction of sp³-hybridized carbons (Fsp3) is 0.120. The van der Waals surface area contributed by atoms with Crippen molar-refractivity contribution >= 4 is 22.1 Å². The molecule has 1 nitrogen and oxygen atoms in total. The van der Waals surface area contributed by atoms with E-state index in [2.05, 4.69) is 103 Å². The van der Waals surface area contributed by atoms with E-state index in [1.54, 1.807) is 0 Å². The number of nitrogens with zero attached hydrogens (tertiary/aromatic N) is 1. The predicted octanol–water partition coefficient (Wildman–Crippen LogP) is 6.49. The number of para-hydroxylation sites is 1. The third kappa shape index (κ3) is 2.17. The average molecular weight is 335 g/mol. The quantitative estimate of drug-likeness (QED) is 0.404. The van der Waals surface area contributed by atoms with Gasteiger partial charge in [-0.2, -0.15) is 0 Å². The van der Waals surface area contributed by atoms with E-state index in [-0.39, 0.29) is 5.92 Å². The zero-order valence-electron chi connectivity index (χ0n) is 14.9. The largest absolute Gasteiger partial charge is 0.341 e. The number of anilines is 2. The second kappa shape index (κ2) is 6.03. The first-order chi connectivity index (χ1) is 12.9. The second-order valence-electron chi connectivity index (χ2n) is 6.87. The Hall–Kier alpha value is -3.06. The Labute approximate surface area is 154 Å². The molecule has 0 radical (unpaired) electrons. The van der Waals surface area contributed by atoms with Crippen molar-refractivity contribution in [2.45, 2.75) is 12.8 Å². The molecule has 126 valence electrons. The van der Waals surface area contributed by atoms with E-state index in [1.807, 2.05) is 0 Å². The van der Waals surface area contributed by atoms with E-state index in [0.29, 0.717) is 0 Å². The van der Waals surface area contributed by atoms with E-state index < -0.39 is 0 Å². The van der Waals surface area contributed by atoms with Crippen molar-refractivity contribution in [2.75, 3.05) is 11.4 Å². The van der Waals surface area contributed by atoms with Crippen molar-refractivity contribution in [1.82, 2.24) is 0 Å². The molecular formula is C25H21N. The molecule has 0 bridgehead atoms. The highest BCUT2D eigenvalue weighted by Gasteiger charge is 2.31. The number of hydrogen-bond acceptors (Lipinski definition) is 1. The normalized spacial score (nSPS) is 15.6. The molecule has 0 saturated carbocycles. The van der Waals surface area contributed by atoms with Crippen molar-refractivity contribution in [3.05, 3.63) is 108 Å². The maximum Gasteiger partial charge on any atom is 0.0532 e. The Morgan fingerprint density at radius 3 is 2.27 bits per heavy atom. The summed E-state index contributed by atoms with van der Waals surface area (Å²) in [5, 5.41) is 2.64. The van der Waals surface area contributed by atoms with Gasteiger partial charge in [0, 0.05) is 23.5 Å². The van der Waals surface area contributed by atoms with Gasteiger partial charge in [0.25, 0.3) is 0 Å². The maximum atomic E-state index is 2.48. The molecule has 26 heavy (non-hydrogen) atoms. The van der Waals surface area contributed by atoms with Crippen molar-refractivity contribution in [1.29, 1.82) is 0 Å². The molecule has 1 atom stereocenters. The summed E-state index contributed by atoms with van der Waals surface area (Å²) in [5.41, 5.74) is 6.83. The van der Waals surface area contributed by atoms with Gasteiger partial charge in [0.2, 0.25) is 0 Å². The average Bonchev–Trinajstić information content (AvgIpc) is 2.72. The summed E-state index contributed by atoms with van der Waals surface area (Å²) < 4.78 is 0. The first-order valence-electron chi connectivity index (χ1n) is 9.31. The first kappa shape index (κ1) is 15.2. The minimum Gasteiger partial charge on any atom is -0.341 e. The first-order valence-corrected chi connectivity index (χ1v) is 9.31. The fourth-order valence-corrected chi connectivity index (χ4v) is 4.40. The maximum absolute atomic E-state index is 2.48. The SMILES string of the molecule is CCN1c2ccccc2C(c2ccccc2)c2ccc3ccccc3c21. The number of rotatable bonds is 2. The molecule has 1 unspecified atom stereocenters. The number of benzene rings is 4. The van der Waals surface area contributed by atoms with E-state index >= 15 is 0 Å². The molecule has 0 aromatic heterocycles. The lowest BCUT2D eigenvalue weighted by molar-refractivity contribution is 0.895. The summed E-state index contributed by atoms with van der Waals surface area (Å²) in [4.78, 5) is 2.48. The van der Waals surface area contributed by atoms with Gasteiger partial charge in [-0.15, -0.1) is 0 Å². The van der Waals surface area contributed by atoms with E-state index in [9.17, 15) is 0 Å². The number of fused-ring (bicyclic) bond motifs is 4. The summed E-state index contributed by atoms with van der Waals surface area (Å²) in [6.07, 6.45) is 0. The molecule has 4 aromatic rings. The van der Waals surface area contributed by atoms with Crippen LogP contribution in [0.2, 0.25) is 0 Å². The summed E-state index contributed by atoms with van der Waals surface area (Å²) in [6, 6.07) is 33.1. The van der Waals surface area contributed by atoms with Gasteiger partial charge in [-0.3, -0.25) is 0 Å². The van der Waals surface area contributed by atoms with Gasteiger partial charge in [-0.05, 0) is 35.1 Å². The second-order valence-corrected chi connectivity index (χ2v) is 6.87. The molecule has 4 aromatic carbocycles. The topological polar surface area (TPSA) is 3.24 Å². The van der Waals surface area contributed by atoms with Crippen LogP contribution in [0.15, 0.2) is 91.0 Å². The van der Waals surface area contributed by atoms with Crippen LogP contribution in [-0.2, 0) is 0 Å². The highest BCUT2D eigenvalue weighted by atomic mass is 15.1. The van der Waals surface area contributed by atoms with Crippen LogP contribution in [0.4, 0.5) is 11.4 Å². The molecule has 0 spiro atoms. The lowest BCUT2D eigenvalue weighted by Crippen LogP contribution is -2.26. The van der Waals surface area contributed by atoms with Crippen LogP contribution in [0.25, 0.3) is 10.8 Å². The molecule has 1 aliphatic heterocycles. The minimum atomic E-state index is 0.273. The van der Waals surface area contributed by atoms with E-state index in [4.69, 9.17) is 0 Å². The van der Waals surface area contributed by atoms with E-state index in [1.165, 1.54) is 38.8 Å². The summed E-state index contributed by atoms with van der Waals surface area (Å²) in [7, 11) is 0. The molecule has 0 N–H and O–H groups in total. The van der Waals surface area contributed by atoms with Crippen LogP contribution in [0.3, 0.4) is 0 Å². The van der Waals surface area contributed by atoms with Gasteiger partial charge in [-0.25, -0.2) is 0 Å². The number of hydrogen-bond donors (Lipinski definition) is 0. The molecule has 0 aliphatic carbocycles. The van der Waals surface area contributed by atoms with Crippen LogP contribution < -0.4 is 4.90 Å². The molecule has 0 fully saturated rings. The molecule has 5 rings (SSSR count). The van der Waals surface area contributed by atoms with Crippen LogP contribution in [0.1, 0.15) is 29.5 Å². The standard InChI is InChI=1S/C25H21N/c1-2-26-23-15-9-8-14-21(23)24(19-11-4-3-5-12-19)22-17-16-18-10-6-7-13-20(18)25(22)26/h3-17,24H,2H2,1H3. The van der Waals surface area contributed by atoms with Crippen molar-refractivity contribution in [2.24, 2.45) is 0 Å². The van der Waals surface area contributed by atoms with Gasteiger partial charge in [-0.1, -0.05) is 84.9 Å². The zero-order chi connectivity index (χ0) is 17.5.